The Morgan fingerprint density at radius 3 is 2.60 bits per heavy atom. The van der Waals surface area contributed by atoms with Crippen LogP contribution in [0.25, 0.3) is 0 Å². The summed E-state index contributed by atoms with van der Waals surface area (Å²) in [6.45, 7) is 0. The van der Waals surface area contributed by atoms with Gasteiger partial charge >= 0.3 is 0 Å². The molecule has 0 fully saturated rings. The van der Waals surface area contributed by atoms with Gasteiger partial charge in [0.2, 0.25) is 0 Å². The summed E-state index contributed by atoms with van der Waals surface area (Å²) in [6.07, 6.45) is 0.559. The summed E-state index contributed by atoms with van der Waals surface area (Å²) in [5.74, 6) is 0.753. The summed E-state index contributed by atoms with van der Waals surface area (Å²) < 4.78 is 5.32. The zero-order valence-electron chi connectivity index (χ0n) is 10.9. The van der Waals surface area contributed by atoms with Crippen molar-refractivity contribution in [1.82, 2.24) is 0 Å². The minimum absolute atomic E-state index is 0.284. The Hall–Kier alpha value is -0.930. The molecule has 2 nitrogen and oxygen atoms in total. The summed E-state index contributed by atoms with van der Waals surface area (Å²) in [4.78, 5) is 0. The van der Waals surface area contributed by atoms with Gasteiger partial charge in [-0.2, -0.15) is 0 Å². The number of methoxy groups -OCH3 is 1. The van der Waals surface area contributed by atoms with Crippen molar-refractivity contribution < 1.29 is 4.74 Å². The van der Waals surface area contributed by atoms with Crippen LogP contribution in [0.4, 0.5) is 0 Å². The second-order valence-corrected chi connectivity index (χ2v) is 5.63. The lowest BCUT2D eigenvalue weighted by Gasteiger charge is -2.16. The van der Waals surface area contributed by atoms with E-state index in [1.165, 1.54) is 0 Å². The van der Waals surface area contributed by atoms with Gasteiger partial charge in [-0.05, 0) is 41.8 Å². The summed E-state index contributed by atoms with van der Waals surface area (Å²) in [7, 11) is 1.62. The predicted octanol–water partition coefficient (Wildman–Crippen LogP) is 4.90. The molecular weight excluding hydrogens is 317 g/mol. The van der Waals surface area contributed by atoms with Crippen molar-refractivity contribution in [1.29, 1.82) is 0 Å². The van der Waals surface area contributed by atoms with E-state index in [-0.39, 0.29) is 6.04 Å². The first-order valence-electron chi connectivity index (χ1n) is 6.05. The largest absolute Gasteiger partial charge is 0.496 e. The molecule has 106 valence electrons. The Morgan fingerprint density at radius 2 is 1.90 bits per heavy atom. The molecule has 2 aromatic carbocycles. The minimum Gasteiger partial charge on any atom is -0.496 e. The van der Waals surface area contributed by atoms with Crippen LogP contribution < -0.4 is 10.5 Å². The summed E-state index contributed by atoms with van der Waals surface area (Å²) in [5.41, 5.74) is 7.97. The molecule has 20 heavy (non-hydrogen) atoms. The number of hydrogen-bond acceptors (Lipinski definition) is 2. The standard InChI is InChI=1S/C15H14Cl3NO/c1-20-14-6-5-10(16)7-9(14)8-13(19)11-3-2-4-12(17)15(11)18/h2-7,13H,8,19H2,1H3. The van der Waals surface area contributed by atoms with Crippen LogP contribution in [0.5, 0.6) is 5.75 Å². The monoisotopic (exact) mass is 329 g/mol. The lowest BCUT2D eigenvalue weighted by Crippen LogP contribution is -2.14. The molecule has 1 unspecified atom stereocenters. The van der Waals surface area contributed by atoms with E-state index in [0.29, 0.717) is 21.5 Å². The van der Waals surface area contributed by atoms with Gasteiger partial charge in [0.15, 0.2) is 0 Å². The third kappa shape index (κ3) is 3.39. The molecule has 0 saturated heterocycles. The average Bonchev–Trinajstić information content (AvgIpc) is 2.42. The van der Waals surface area contributed by atoms with E-state index in [9.17, 15) is 0 Å². The number of benzene rings is 2. The Labute approximate surface area is 133 Å². The van der Waals surface area contributed by atoms with Gasteiger partial charge in [-0.15, -0.1) is 0 Å². The first-order chi connectivity index (χ1) is 9.52. The molecule has 0 spiro atoms. The quantitative estimate of drug-likeness (QED) is 0.865. The van der Waals surface area contributed by atoms with Gasteiger partial charge in [-0.3, -0.25) is 0 Å². The highest BCUT2D eigenvalue weighted by Crippen LogP contribution is 2.32. The van der Waals surface area contributed by atoms with Gasteiger partial charge in [0.1, 0.15) is 5.75 Å². The second-order valence-electron chi connectivity index (χ2n) is 4.41. The van der Waals surface area contributed by atoms with Crippen LogP contribution in [0.1, 0.15) is 17.2 Å². The van der Waals surface area contributed by atoms with E-state index in [2.05, 4.69) is 0 Å². The molecule has 2 rings (SSSR count). The lowest BCUT2D eigenvalue weighted by molar-refractivity contribution is 0.408. The summed E-state index contributed by atoms with van der Waals surface area (Å²) >= 11 is 18.2. The number of ether oxygens (including phenoxy) is 1. The summed E-state index contributed by atoms with van der Waals surface area (Å²) in [5, 5.41) is 1.63. The molecule has 0 heterocycles. The average molecular weight is 331 g/mol. The fourth-order valence-electron chi connectivity index (χ4n) is 2.06. The van der Waals surface area contributed by atoms with Gasteiger partial charge in [0.25, 0.3) is 0 Å². The molecule has 2 N–H and O–H groups in total. The van der Waals surface area contributed by atoms with Crippen molar-refractivity contribution in [3.63, 3.8) is 0 Å². The van der Waals surface area contributed by atoms with Crippen molar-refractivity contribution in [2.75, 3.05) is 7.11 Å². The van der Waals surface area contributed by atoms with Crippen molar-refractivity contribution in [3.05, 3.63) is 62.6 Å². The smallest absolute Gasteiger partial charge is 0.122 e. The maximum atomic E-state index is 6.23. The predicted molar refractivity (Wildman–Crippen MR) is 85.1 cm³/mol. The highest BCUT2D eigenvalue weighted by atomic mass is 35.5. The van der Waals surface area contributed by atoms with Crippen LogP contribution in [0.2, 0.25) is 15.1 Å². The van der Waals surface area contributed by atoms with Crippen molar-refractivity contribution >= 4 is 34.8 Å². The van der Waals surface area contributed by atoms with Gasteiger partial charge in [0, 0.05) is 11.1 Å². The van der Waals surface area contributed by atoms with E-state index in [4.69, 9.17) is 45.3 Å². The van der Waals surface area contributed by atoms with Crippen LogP contribution in [0.3, 0.4) is 0 Å². The molecule has 0 aliphatic carbocycles. The fraction of sp³-hybridized carbons (Fsp3) is 0.200. The number of halogens is 3. The molecule has 0 aliphatic rings. The number of rotatable bonds is 4. The molecule has 0 bridgehead atoms. The molecule has 2 aromatic rings. The molecular formula is C15H14Cl3NO. The van der Waals surface area contributed by atoms with Gasteiger partial charge < -0.3 is 10.5 Å². The van der Waals surface area contributed by atoms with Crippen molar-refractivity contribution in [2.24, 2.45) is 5.73 Å². The van der Waals surface area contributed by atoms with Gasteiger partial charge in [-0.25, -0.2) is 0 Å². The van der Waals surface area contributed by atoms with E-state index < -0.39 is 0 Å². The van der Waals surface area contributed by atoms with E-state index in [0.717, 1.165) is 16.9 Å². The fourth-order valence-corrected chi connectivity index (χ4v) is 2.70. The van der Waals surface area contributed by atoms with Crippen molar-refractivity contribution in [3.8, 4) is 5.75 Å². The Kier molecular flexibility index (Phi) is 5.17. The van der Waals surface area contributed by atoms with Crippen LogP contribution in [0.15, 0.2) is 36.4 Å². The Morgan fingerprint density at radius 1 is 1.15 bits per heavy atom. The first-order valence-corrected chi connectivity index (χ1v) is 7.18. The SMILES string of the molecule is COc1ccc(Cl)cc1CC(N)c1cccc(Cl)c1Cl. The second kappa shape index (κ2) is 6.68. The zero-order chi connectivity index (χ0) is 14.7. The third-order valence-electron chi connectivity index (χ3n) is 3.06. The van der Waals surface area contributed by atoms with Crippen LogP contribution in [0, 0.1) is 0 Å². The number of nitrogens with two attached hydrogens (primary N) is 1. The van der Waals surface area contributed by atoms with E-state index >= 15 is 0 Å². The topological polar surface area (TPSA) is 35.2 Å². The first kappa shape index (κ1) is 15.5. The van der Waals surface area contributed by atoms with E-state index in [1.807, 2.05) is 24.3 Å². The van der Waals surface area contributed by atoms with Crippen LogP contribution in [-0.4, -0.2) is 7.11 Å². The normalized spacial score (nSPS) is 12.2. The highest BCUT2D eigenvalue weighted by molar-refractivity contribution is 6.42. The van der Waals surface area contributed by atoms with Crippen molar-refractivity contribution in [2.45, 2.75) is 12.5 Å². The lowest BCUT2D eigenvalue weighted by atomic mass is 9.99. The van der Waals surface area contributed by atoms with Crippen LogP contribution in [-0.2, 0) is 6.42 Å². The maximum Gasteiger partial charge on any atom is 0.122 e. The minimum atomic E-state index is -0.284. The maximum absolute atomic E-state index is 6.23. The molecule has 0 aromatic heterocycles. The summed E-state index contributed by atoms with van der Waals surface area (Å²) in [6, 6.07) is 10.6. The Bertz CT molecular complexity index is 616. The number of hydrogen-bond donors (Lipinski definition) is 1. The molecule has 0 radical (unpaired) electrons. The van der Waals surface area contributed by atoms with Gasteiger partial charge in [0.05, 0.1) is 17.2 Å². The van der Waals surface area contributed by atoms with E-state index in [1.54, 1.807) is 19.2 Å². The van der Waals surface area contributed by atoms with Crippen LogP contribution >= 0.6 is 34.8 Å². The molecule has 0 amide bonds. The zero-order valence-corrected chi connectivity index (χ0v) is 13.1. The molecule has 0 saturated carbocycles. The molecule has 5 heteroatoms. The highest BCUT2D eigenvalue weighted by Gasteiger charge is 2.15. The molecule has 1 atom stereocenters. The van der Waals surface area contributed by atoms with Gasteiger partial charge in [-0.1, -0.05) is 46.9 Å². The third-order valence-corrected chi connectivity index (χ3v) is 4.13. The Balaban J connectivity index is 2.30. The molecule has 0 aliphatic heterocycles.